The summed E-state index contributed by atoms with van der Waals surface area (Å²) in [4.78, 5) is 30.2. The molecule has 0 radical (unpaired) electrons. The van der Waals surface area contributed by atoms with Gasteiger partial charge in [0.05, 0.1) is 29.7 Å². The number of hydrogen-bond donors (Lipinski definition) is 3. The lowest BCUT2D eigenvalue weighted by atomic mass is 10.0. The fourth-order valence-electron chi connectivity index (χ4n) is 3.96. The summed E-state index contributed by atoms with van der Waals surface area (Å²) in [6, 6.07) is 10.3. The van der Waals surface area contributed by atoms with Gasteiger partial charge < -0.3 is 25.2 Å². The maximum atomic E-state index is 14.8. The number of benzene rings is 1. The zero-order valence-corrected chi connectivity index (χ0v) is 21.2. The third-order valence-electron chi connectivity index (χ3n) is 6.01. The van der Waals surface area contributed by atoms with Gasteiger partial charge in [0.1, 0.15) is 36.0 Å². The van der Waals surface area contributed by atoms with Crippen molar-refractivity contribution in [3.63, 3.8) is 0 Å². The van der Waals surface area contributed by atoms with Gasteiger partial charge in [-0.25, -0.2) is 14.4 Å². The van der Waals surface area contributed by atoms with Gasteiger partial charge in [0.2, 0.25) is 5.95 Å². The van der Waals surface area contributed by atoms with Crippen molar-refractivity contribution in [2.24, 2.45) is 0 Å². The molecule has 0 aliphatic carbocycles. The van der Waals surface area contributed by atoms with E-state index in [0.717, 1.165) is 0 Å². The van der Waals surface area contributed by atoms with Crippen molar-refractivity contribution in [2.45, 2.75) is 51.2 Å². The van der Waals surface area contributed by atoms with Crippen LogP contribution in [0.5, 0.6) is 5.75 Å². The second kappa shape index (κ2) is 11.0. The van der Waals surface area contributed by atoms with Crippen LogP contribution in [0.2, 0.25) is 0 Å². The number of aliphatic hydroxyl groups is 2. The largest absolute Gasteiger partial charge is 0.486 e. The number of aromatic nitrogens is 4. The van der Waals surface area contributed by atoms with E-state index in [1.165, 1.54) is 18.2 Å². The fourth-order valence-corrected chi connectivity index (χ4v) is 3.96. The van der Waals surface area contributed by atoms with E-state index < -0.39 is 29.9 Å². The number of carbonyl (C=O) groups excluding carboxylic acids is 1. The summed E-state index contributed by atoms with van der Waals surface area (Å²) < 4.78 is 20.6. The number of hydrogen-bond acceptors (Lipinski definition) is 10. The summed E-state index contributed by atoms with van der Waals surface area (Å²) in [5.41, 5.74) is 0.775. The van der Waals surface area contributed by atoms with Crippen molar-refractivity contribution in [1.29, 1.82) is 5.26 Å². The Balaban J connectivity index is 1.47. The summed E-state index contributed by atoms with van der Waals surface area (Å²) in [5.74, 6) is 0.247. The lowest BCUT2D eigenvalue weighted by Gasteiger charge is -2.35. The summed E-state index contributed by atoms with van der Waals surface area (Å²) in [6.07, 6.45) is -0.396. The highest BCUT2D eigenvalue weighted by molar-refractivity contribution is 5.80. The number of amides is 1. The van der Waals surface area contributed by atoms with Crippen LogP contribution in [-0.2, 0) is 10.4 Å². The molecule has 2 aromatic heterocycles. The molecule has 3 heterocycles. The number of nitriles is 1. The van der Waals surface area contributed by atoms with Crippen LogP contribution in [0.3, 0.4) is 0 Å². The van der Waals surface area contributed by atoms with Crippen LogP contribution in [0.1, 0.15) is 38.4 Å². The Kier molecular flexibility index (Phi) is 7.80. The molecule has 0 bridgehead atoms. The summed E-state index contributed by atoms with van der Waals surface area (Å²) in [6.45, 7) is 4.69. The Hall–Kier alpha value is -4.21. The van der Waals surface area contributed by atoms with Gasteiger partial charge in [0, 0.05) is 18.5 Å². The SMILES string of the molecule is CC(O)C(=O)N1CC[C@H](Oc2ccc(-c3ncnc(Nc4ccc(C(C)(C)O)nc4)n3)cc2C#N)[C@H](F)C1. The number of halogens is 1. The highest BCUT2D eigenvalue weighted by atomic mass is 19.1. The minimum Gasteiger partial charge on any atom is -0.486 e. The summed E-state index contributed by atoms with van der Waals surface area (Å²) in [7, 11) is 0. The van der Waals surface area contributed by atoms with Gasteiger partial charge in [-0.1, -0.05) is 0 Å². The second-order valence-electron chi connectivity index (χ2n) is 9.49. The van der Waals surface area contributed by atoms with Gasteiger partial charge in [-0.3, -0.25) is 9.78 Å². The standard InChI is InChI=1S/C26H28FN7O4/c1-15(35)24(36)34-9-8-21(19(27)13-34)38-20-6-4-16(10-17(20)11-28)23-30-14-31-25(33-23)32-18-5-7-22(29-12-18)26(2,3)37/h4-7,10,12,14-15,19,21,35,37H,8-9,13H2,1-3H3,(H,30,31,32,33)/t15?,19-,21+/m1/s1. The molecule has 11 nitrogen and oxygen atoms in total. The Labute approximate surface area is 219 Å². The quantitative estimate of drug-likeness (QED) is 0.422. The number of piperidine rings is 1. The first-order chi connectivity index (χ1) is 18.0. The van der Waals surface area contributed by atoms with Crippen molar-refractivity contribution in [3.8, 4) is 23.2 Å². The fraction of sp³-hybridized carbons (Fsp3) is 0.385. The minimum absolute atomic E-state index is 0.179. The van der Waals surface area contributed by atoms with E-state index in [9.17, 15) is 24.7 Å². The maximum Gasteiger partial charge on any atom is 0.251 e. The Bertz CT molecular complexity index is 1340. The summed E-state index contributed by atoms with van der Waals surface area (Å²) >= 11 is 0. The molecule has 12 heteroatoms. The third kappa shape index (κ3) is 6.19. The van der Waals surface area contributed by atoms with Crippen molar-refractivity contribution < 1.29 is 24.1 Å². The van der Waals surface area contributed by atoms with E-state index in [2.05, 4.69) is 31.3 Å². The van der Waals surface area contributed by atoms with Crippen LogP contribution in [0, 0.1) is 11.3 Å². The van der Waals surface area contributed by atoms with E-state index in [4.69, 9.17) is 4.74 Å². The molecular weight excluding hydrogens is 493 g/mol. The molecule has 1 aromatic carbocycles. The van der Waals surface area contributed by atoms with Crippen LogP contribution in [0.15, 0.2) is 42.9 Å². The molecule has 3 aromatic rings. The Morgan fingerprint density at radius 2 is 2.08 bits per heavy atom. The Morgan fingerprint density at radius 1 is 1.29 bits per heavy atom. The number of ether oxygens (including phenoxy) is 1. The van der Waals surface area contributed by atoms with Crippen molar-refractivity contribution in [3.05, 3.63) is 54.1 Å². The zero-order valence-electron chi connectivity index (χ0n) is 21.2. The highest BCUT2D eigenvalue weighted by Crippen LogP contribution is 2.28. The molecular formula is C26H28FN7O4. The maximum absolute atomic E-state index is 14.8. The van der Waals surface area contributed by atoms with Crippen LogP contribution < -0.4 is 10.1 Å². The molecule has 3 atom stereocenters. The topological polar surface area (TPSA) is 157 Å². The number of carbonyl (C=O) groups is 1. The van der Waals surface area contributed by atoms with Gasteiger partial charge in [-0.2, -0.15) is 10.2 Å². The summed E-state index contributed by atoms with van der Waals surface area (Å²) in [5, 5.41) is 32.2. The van der Waals surface area contributed by atoms with E-state index in [0.29, 0.717) is 22.8 Å². The van der Waals surface area contributed by atoms with Crippen molar-refractivity contribution >= 4 is 17.5 Å². The third-order valence-corrected chi connectivity index (χ3v) is 6.01. The molecule has 1 saturated heterocycles. The zero-order chi connectivity index (χ0) is 27.4. The molecule has 1 unspecified atom stereocenters. The van der Waals surface area contributed by atoms with Crippen molar-refractivity contribution in [1.82, 2.24) is 24.8 Å². The van der Waals surface area contributed by atoms with E-state index in [1.807, 2.05) is 0 Å². The normalized spacial score (nSPS) is 18.4. The molecule has 1 fully saturated rings. The average Bonchev–Trinajstić information content (AvgIpc) is 2.89. The highest BCUT2D eigenvalue weighted by Gasteiger charge is 2.34. The number of aliphatic hydroxyl groups excluding tert-OH is 1. The number of nitrogens with one attached hydrogen (secondary N) is 1. The van der Waals surface area contributed by atoms with E-state index >= 15 is 0 Å². The number of nitrogens with zero attached hydrogens (tertiary/aromatic N) is 6. The molecule has 38 heavy (non-hydrogen) atoms. The first-order valence-electron chi connectivity index (χ1n) is 12.0. The molecule has 4 rings (SSSR count). The molecule has 1 aliphatic rings. The molecule has 1 aliphatic heterocycles. The first kappa shape index (κ1) is 26.8. The van der Waals surface area contributed by atoms with Gasteiger partial charge in [-0.05, 0) is 51.1 Å². The predicted molar refractivity (Wildman–Crippen MR) is 135 cm³/mol. The lowest BCUT2D eigenvalue weighted by molar-refractivity contribution is -0.143. The predicted octanol–water partition coefficient (Wildman–Crippen LogP) is 2.47. The van der Waals surface area contributed by atoms with E-state index in [-0.39, 0.29) is 36.8 Å². The molecule has 0 spiro atoms. The Morgan fingerprint density at radius 3 is 2.71 bits per heavy atom. The monoisotopic (exact) mass is 521 g/mol. The van der Waals surface area contributed by atoms with Gasteiger partial charge in [-0.15, -0.1) is 0 Å². The molecule has 3 N–H and O–H groups in total. The smallest absolute Gasteiger partial charge is 0.251 e. The minimum atomic E-state index is -1.47. The molecule has 0 saturated carbocycles. The molecule has 198 valence electrons. The second-order valence-corrected chi connectivity index (χ2v) is 9.49. The number of pyridine rings is 1. The first-order valence-corrected chi connectivity index (χ1v) is 12.0. The van der Waals surface area contributed by atoms with Gasteiger partial charge >= 0.3 is 0 Å². The van der Waals surface area contributed by atoms with Crippen molar-refractivity contribution in [2.75, 3.05) is 18.4 Å². The van der Waals surface area contributed by atoms with Crippen LogP contribution in [0.4, 0.5) is 16.0 Å². The number of rotatable bonds is 7. The van der Waals surface area contributed by atoms with Gasteiger partial charge in [0.15, 0.2) is 12.0 Å². The number of likely N-dealkylation sites (tertiary alicyclic amines) is 1. The van der Waals surface area contributed by atoms with Gasteiger partial charge in [0.25, 0.3) is 5.91 Å². The van der Waals surface area contributed by atoms with E-state index in [1.54, 1.807) is 50.4 Å². The lowest BCUT2D eigenvalue weighted by Crippen LogP contribution is -2.51. The number of anilines is 2. The molecule has 1 amide bonds. The van der Waals surface area contributed by atoms with Crippen LogP contribution >= 0.6 is 0 Å². The van der Waals surface area contributed by atoms with Crippen LogP contribution in [-0.4, -0.2) is 72.4 Å². The average molecular weight is 522 g/mol. The number of alkyl halides is 1. The van der Waals surface area contributed by atoms with Crippen LogP contribution in [0.25, 0.3) is 11.4 Å².